The van der Waals surface area contributed by atoms with E-state index < -0.39 is 5.97 Å². The molecular formula is C23H35N6O5+. The maximum Gasteiger partial charge on any atom is 0.317 e. The second kappa shape index (κ2) is 15.0. The summed E-state index contributed by atoms with van der Waals surface area (Å²) in [5.74, 6) is -0.857. The Bertz CT molecular complexity index is 928. The Kier molecular flexibility index (Phi) is 12.0. The van der Waals surface area contributed by atoms with Gasteiger partial charge in [0.15, 0.2) is 0 Å². The molecule has 0 aliphatic carbocycles. The third-order valence-corrected chi connectivity index (χ3v) is 5.68. The minimum Gasteiger partial charge on any atom is -0.480 e. The number of carboxylic acid groups (broad SMARTS) is 1. The van der Waals surface area contributed by atoms with E-state index in [9.17, 15) is 19.9 Å². The predicted molar refractivity (Wildman–Crippen MR) is 128 cm³/mol. The molecule has 11 nitrogen and oxygen atoms in total. The third kappa shape index (κ3) is 9.10. The maximum atomic E-state index is 11.3. The zero-order valence-corrected chi connectivity index (χ0v) is 19.7. The second-order valence-corrected chi connectivity index (χ2v) is 8.04. The molecule has 3 rings (SSSR count). The molecule has 2 aromatic rings. The Labute approximate surface area is 199 Å². The lowest BCUT2D eigenvalue weighted by Gasteiger charge is -2.29. The van der Waals surface area contributed by atoms with Crippen LogP contribution in [0.25, 0.3) is 10.8 Å². The lowest BCUT2D eigenvalue weighted by Crippen LogP contribution is -2.47. The Morgan fingerprint density at radius 1 is 1.06 bits per heavy atom. The fourth-order valence-electron chi connectivity index (χ4n) is 3.93. The zero-order valence-electron chi connectivity index (χ0n) is 19.7. The van der Waals surface area contributed by atoms with Gasteiger partial charge in [-0.25, -0.2) is 0 Å². The minimum atomic E-state index is -0.857. The van der Waals surface area contributed by atoms with Crippen molar-refractivity contribution >= 4 is 23.0 Å². The number of benzene rings is 1. The number of hydrogen-bond acceptors (Lipinski definition) is 9. The predicted octanol–water partition coefficient (Wildman–Crippen LogP) is 0.0399. The van der Waals surface area contributed by atoms with E-state index in [-0.39, 0.29) is 6.54 Å². The van der Waals surface area contributed by atoms with Gasteiger partial charge in [-0.1, -0.05) is 23.4 Å². The molecule has 1 aliphatic heterocycles. The highest BCUT2D eigenvalue weighted by atomic mass is 16.5. The van der Waals surface area contributed by atoms with Gasteiger partial charge in [-0.15, -0.1) is 0 Å². The largest absolute Gasteiger partial charge is 0.480 e. The lowest BCUT2D eigenvalue weighted by molar-refractivity contribution is -0.909. The van der Waals surface area contributed by atoms with Gasteiger partial charge in [0.2, 0.25) is 6.20 Å². The molecule has 2 heterocycles. The van der Waals surface area contributed by atoms with Crippen LogP contribution in [0.3, 0.4) is 0 Å². The third-order valence-electron chi connectivity index (χ3n) is 5.68. The maximum absolute atomic E-state index is 11.3. The zero-order chi connectivity index (χ0) is 24.8. The van der Waals surface area contributed by atoms with Crippen LogP contribution in [0.1, 0.15) is 5.69 Å². The molecule has 0 radical (unpaired) electrons. The number of carbonyl (C=O) groups excluding carboxylic acids is 1. The van der Waals surface area contributed by atoms with Gasteiger partial charge in [-0.3, -0.25) is 24.7 Å². The summed E-state index contributed by atoms with van der Waals surface area (Å²) in [6.07, 6.45) is 2.55. The Morgan fingerprint density at radius 3 is 2.35 bits per heavy atom. The number of fused-ring (bicyclic) bond motifs is 1. The highest BCUT2D eigenvalue weighted by molar-refractivity contribution is 5.83. The Balaban J connectivity index is 0.00000129. The molecule has 0 saturated carbocycles. The molecule has 0 atom stereocenters. The van der Waals surface area contributed by atoms with E-state index in [0.717, 1.165) is 48.9 Å². The highest BCUT2D eigenvalue weighted by Gasteiger charge is 2.21. The molecule has 1 aliphatic rings. The summed E-state index contributed by atoms with van der Waals surface area (Å²) in [4.78, 5) is 37.0. The number of carbonyl (C=O) groups is 2. The van der Waals surface area contributed by atoms with Crippen LogP contribution in [0.4, 0.5) is 0 Å². The van der Waals surface area contributed by atoms with Crippen molar-refractivity contribution in [2.75, 3.05) is 72.5 Å². The number of aldehydes is 1. The summed E-state index contributed by atoms with van der Waals surface area (Å²) in [5, 5.41) is 27.5. The fourth-order valence-corrected chi connectivity index (χ4v) is 3.93. The van der Waals surface area contributed by atoms with Crippen molar-refractivity contribution in [3.8, 4) is 0 Å². The number of rotatable bonds is 6. The number of nitroso groups, excluding NO2 is 1. The molecule has 0 unspecified atom stereocenters. The van der Waals surface area contributed by atoms with E-state index in [1.807, 2.05) is 40.1 Å². The molecular weight excluding hydrogens is 440 g/mol. The minimum absolute atomic E-state index is 0.0325. The Morgan fingerprint density at radius 2 is 1.68 bits per heavy atom. The van der Waals surface area contributed by atoms with Crippen LogP contribution in [-0.4, -0.2) is 110 Å². The van der Waals surface area contributed by atoms with E-state index >= 15 is 0 Å². The quantitative estimate of drug-likeness (QED) is 0.229. The normalized spacial score (nSPS) is 17.1. The van der Waals surface area contributed by atoms with Crippen molar-refractivity contribution in [2.45, 2.75) is 6.54 Å². The average Bonchev–Trinajstić information content (AvgIpc) is 2.80. The van der Waals surface area contributed by atoms with E-state index in [1.54, 1.807) is 6.20 Å². The molecule has 11 heteroatoms. The topological polar surface area (TPSA) is 130 Å². The molecule has 3 N–H and O–H groups in total. The average molecular weight is 476 g/mol. The molecule has 1 fully saturated rings. The first-order chi connectivity index (χ1) is 16.5. The second-order valence-electron chi connectivity index (χ2n) is 8.04. The number of nitrogens with one attached hydrogen (secondary N) is 1. The summed E-state index contributed by atoms with van der Waals surface area (Å²) < 4.78 is 1.18. The molecule has 0 spiro atoms. The van der Waals surface area contributed by atoms with Gasteiger partial charge in [0.25, 0.3) is 5.69 Å². The summed E-state index contributed by atoms with van der Waals surface area (Å²) in [6, 6.07) is 9.85. The van der Waals surface area contributed by atoms with Crippen LogP contribution in [0, 0.1) is 4.91 Å². The SMILES string of the molecule is CN=O.O=CCN1CCNCCN(Cc2c3ccccc3cc[n+]2O)CCN(CC(=O)O)CC1. The Hall–Kier alpha value is -2.99. The van der Waals surface area contributed by atoms with Crippen LogP contribution >= 0.6 is 0 Å². The van der Waals surface area contributed by atoms with E-state index in [1.165, 1.54) is 11.8 Å². The highest BCUT2D eigenvalue weighted by Crippen LogP contribution is 2.16. The lowest BCUT2D eigenvalue weighted by atomic mass is 10.1. The van der Waals surface area contributed by atoms with Crippen molar-refractivity contribution in [1.29, 1.82) is 0 Å². The van der Waals surface area contributed by atoms with Crippen LogP contribution in [0.5, 0.6) is 0 Å². The van der Waals surface area contributed by atoms with Gasteiger partial charge >= 0.3 is 5.97 Å². The van der Waals surface area contributed by atoms with Gasteiger partial charge in [0, 0.05) is 63.2 Å². The number of aromatic nitrogens is 1. The molecule has 0 bridgehead atoms. The first-order valence-corrected chi connectivity index (χ1v) is 11.3. The van der Waals surface area contributed by atoms with Gasteiger partial charge in [0.05, 0.1) is 32.1 Å². The van der Waals surface area contributed by atoms with Gasteiger partial charge in [-0.2, -0.15) is 4.91 Å². The molecule has 34 heavy (non-hydrogen) atoms. The number of hydrogen-bond donors (Lipinski definition) is 3. The van der Waals surface area contributed by atoms with Gasteiger partial charge in [-0.05, 0) is 11.5 Å². The van der Waals surface area contributed by atoms with Gasteiger partial charge < -0.3 is 15.2 Å². The van der Waals surface area contributed by atoms with Crippen molar-refractivity contribution in [1.82, 2.24) is 20.0 Å². The number of aliphatic carboxylic acids is 1. The number of nitrogens with zero attached hydrogens (tertiary/aromatic N) is 5. The molecule has 186 valence electrons. The summed E-state index contributed by atoms with van der Waals surface area (Å²) in [7, 11) is 1.19. The first kappa shape index (κ1) is 27.3. The van der Waals surface area contributed by atoms with E-state index in [2.05, 4.69) is 15.4 Å². The van der Waals surface area contributed by atoms with Gasteiger partial charge in [0.1, 0.15) is 6.29 Å². The number of pyridine rings is 1. The van der Waals surface area contributed by atoms with Crippen LogP contribution in [0.2, 0.25) is 0 Å². The summed E-state index contributed by atoms with van der Waals surface area (Å²) in [5.41, 5.74) is 0.812. The molecule has 1 aromatic heterocycles. The van der Waals surface area contributed by atoms with Crippen LogP contribution in [-0.2, 0) is 16.1 Å². The molecule has 1 aromatic carbocycles. The van der Waals surface area contributed by atoms with Crippen LogP contribution < -0.4 is 10.0 Å². The molecule has 0 amide bonds. The summed E-state index contributed by atoms with van der Waals surface area (Å²) in [6.45, 7) is 6.40. The summed E-state index contributed by atoms with van der Waals surface area (Å²) >= 11 is 0. The van der Waals surface area contributed by atoms with E-state index in [4.69, 9.17) is 4.91 Å². The monoisotopic (exact) mass is 475 g/mol. The first-order valence-electron chi connectivity index (χ1n) is 11.3. The smallest absolute Gasteiger partial charge is 0.317 e. The number of carboxylic acids is 1. The van der Waals surface area contributed by atoms with Crippen LogP contribution in [0.15, 0.2) is 41.7 Å². The van der Waals surface area contributed by atoms with Crippen molar-refractivity contribution < 1.29 is 24.6 Å². The van der Waals surface area contributed by atoms with Crippen molar-refractivity contribution in [3.05, 3.63) is 47.1 Å². The standard InChI is InChI=1S/C22H31N5O4.CH3NO/c28-16-15-24-9-6-23-7-10-25(13-14-26(12-11-24)18-22(29)30)17-21-20-4-2-1-3-19(20)5-8-27(21)31;1-2-3/h1-5,8,16,23H,6-7,9-15,17-18H2,(H-,29,30,31);1H3/p+1. The fraction of sp³-hybridized carbons (Fsp3) is 0.522. The van der Waals surface area contributed by atoms with Crippen molar-refractivity contribution in [2.24, 2.45) is 5.18 Å². The van der Waals surface area contributed by atoms with E-state index in [0.29, 0.717) is 39.3 Å². The van der Waals surface area contributed by atoms with Crippen molar-refractivity contribution in [3.63, 3.8) is 0 Å². The molecule has 1 saturated heterocycles.